The molecule has 0 atom stereocenters. The van der Waals surface area contributed by atoms with E-state index in [0.717, 1.165) is 5.69 Å². The lowest BCUT2D eigenvalue weighted by Gasteiger charge is -2.17. The Morgan fingerprint density at radius 2 is 1.89 bits per heavy atom. The van der Waals surface area contributed by atoms with Crippen LogP contribution in [0.25, 0.3) is 11.5 Å². The highest BCUT2D eigenvalue weighted by Crippen LogP contribution is 2.18. The molecule has 2 rings (SSSR count). The highest BCUT2D eigenvalue weighted by molar-refractivity contribution is 7.80. The summed E-state index contributed by atoms with van der Waals surface area (Å²) >= 11 is 5.20. The number of hydrogen-bond acceptors (Lipinski definition) is 5. The van der Waals surface area contributed by atoms with Crippen LogP contribution in [0.5, 0.6) is 0 Å². The minimum absolute atomic E-state index is 0.253. The second-order valence-corrected chi connectivity index (χ2v) is 4.69. The van der Waals surface area contributed by atoms with Crippen molar-refractivity contribution in [3.63, 3.8) is 0 Å². The number of hydrogen-bond donors (Lipinski definition) is 2. The van der Waals surface area contributed by atoms with Gasteiger partial charge in [-0.05, 0) is 39.9 Å². The normalized spacial score (nSPS) is 10.9. The molecule has 2 aliphatic rings. The summed E-state index contributed by atoms with van der Waals surface area (Å²) in [5.74, 6) is 1.28. The van der Waals surface area contributed by atoms with Crippen LogP contribution in [-0.4, -0.2) is 36.2 Å². The van der Waals surface area contributed by atoms with Crippen molar-refractivity contribution in [1.82, 2.24) is 30.4 Å². The molecule has 0 spiro atoms. The van der Waals surface area contributed by atoms with E-state index in [1.54, 1.807) is 4.68 Å². The zero-order valence-electron chi connectivity index (χ0n) is 10.7. The summed E-state index contributed by atoms with van der Waals surface area (Å²) in [7, 11) is 0. The molecule has 8 heteroatoms. The Labute approximate surface area is 110 Å². The molecule has 0 bridgehead atoms. The fraction of sp³-hybridized carbons (Fsp3) is 0.500. The molecule has 0 aromatic rings. The molecular formula is C10H15N7S. The Morgan fingerprint density at radius 1 is 1.17 bits per heavy atom. The number of aromatic nitrogens is 5. The zero-order valence-corrected chi connectivity index (χ0v) is 11.5. The predicted molar refractivity (Wildman–Crippen MR) is 71.9 cm³/mol. The standard InChI is InChI=1S/C10H15N7S/c1-5(2)11-10(18)16-17-7(4)13-14-8-6(3)12-15-9(8)17/h5H,1-4H3,(H2,11,16,18). The summed E-state index contributed by atoms with van der Waals surface area (Å²) in [5, 5.41) is 19.8. The van der Waals surface area contributed by atoms with Crippen LogP contribution in [0, 0.1) is 13.8 Å². The minimum Gasteiger partial charge on any atom is -0.359 e. The Kier molecular flexibility index (Phi) is 3.37. The maximum Gasteiger partial charge on any atom is 0.205 e. The smallest absolute Gasteiger partial charge is 0.205 e. The van der Waals surface area contributed by atoms with Crippen LogP contribution >= 0.6 is 12.2 Å². The molecule has 0 unspecified atom stereocenters. The number of nitrogens with one attached hydrogen (secondary N) is 2. The van der Waals surface area contributed by atoms with E-state index in [-0.39, 0.29) is 6.04 Å². The van der Waals surface area contributed by atoms with Gasteiger partial charge < -0.3 is 5.32 Å². The molecule has 0 saturated heterocycles. The van der Waals surface area contributed by atoms with Crippen molar-refractivity contribution in [1.29, 1.82) is 0 Å². The number of aryl methyl sites for hydroxylation is 2. The molecule has 18 heavy (non-hydrogen) atoms. The Hall–Kier alpha value is -1.83. The Balaban J connectivity index is 2.32. The van der Waals surface area contributed by atoms with Crippen molar-refractivity contribution in [2.75, 3.05) is 5.43 Å². The van der Waals surface area contributed by atoms with Crippen LogP contribution in [0.3, 0.4) is 0 Å². The predicted octanol–water partition coefficient (Wildman–Crippen LogP) is 0.616. The maximum atomic E-state index is 5.20. The van der Waals surface area contributed by atoms with E-state index in [1.807, 2.05) is 27.7 Å². The quantitative estimate of drug-likeness (QED) is 0.770. The van der Waals surface area contributed by atoms with Gasteiger partial charge in [-0.25, -0.2) is 4.68 Å². The average molecular weight is 265 g/mol. The van der Waals surface area contributed by atoms with Gasteiger partial charge in [-0.1, -0.05) is 0 Å². The van der Waals surface area contributed by atoms with Gasteiger partial charge in [0.25, 0.3) is 0 Å². The lowest BCUT2D eigenvalue weighted by atomic mass is 10.3. The van der Waals surface area contributed by atoms with E-state index in [9.17, 15) is 0 Å². The molecule has 0 radical (unpaired) electrons. The van der Waals surface area contributed by atoms with Crippen LogP contribution in [-0.2, 0) is 0 Å². The molecule has 0 saturated carbocycles. The number of nitrogens with zero attached hydrogens (tertiary/aromatic N) is 5. The fourth-order valence-corrected chi connectivity index (χ4v) is 1.82. The van der Waals surface area contributed by atoms with E-state index in [0.29, 0.717) is 22.5 Å². The summed E-state index contributed by atoms with van der Waals surface area (Å²) in [5.41, 5.74) is 4.44. The summed E-state index contributed by atoms with van der Waals surface area (Å²) in [6, 6.07) is 0.253. The number of thiocarbonyl (C=S) groups is 1. The molecule has 0 amide bonds. The van der Waals surface area contributed by atoms with E-state index in [1.165, 1.54) is 0 Å². The van der Waals surface area contributed by atoms with E-state index in [4.69, 9.17) is 12.2 Å². The van der Waals surface area contributed by atoms with Gasteiger partial charge in [0, 0.05) is 6.04 Å². The molecule has 96 valence electrons. The van der Waals surface area contributed by atoms with Gasteiger partial charge in [0.05, 0.1) is 5.69 Å². The summed E-state index contributed by atoms with van der Waals surface area (Å²) in [4.78, 5) is 0. The van der Waals surface area contributed by atoms with Gasteiger partial charge in [-0.3, -0.25) is 5.43 Å². The lowest BCUT2D eigenvalue weighted by molar-refractivity contribution is 0.718. The van der Waals surface area contributed by atoms with Crippen molar-refractivity contribution < 1.29 is 0 Å². The van der Waals surface area contributed by atoms with Crippen molar-refractivity contribution in [2.45, 2.75) is 33.7 Å². The second-order valence-electron chi connectivity index (χ2n) is 4.28. The first-order chi connectivity index (χ1) is 8.49. The molecule has 0 aromatic carbocycles. The van der Waals surface area contributed by atoms with Crippen LogP contribution in [0.15, 0.2) is 0 Å². The lowest BCUT2D eigenvalue weighted by Crippen LogP contribution is -2.39. The third kappa shape index (κ3) is 2.37. The fourth-order valence-electron chi connectivity index (χ4n) is 1.50. The van der Waals surface area contributed by atoms with Gasteiger partial charge in [0.15, 0.2) is 10.8 Å². The summed E-state index contributed by atoms with van der Waals surface area (Å²) in [6.45, 7) is 7.69. The summed E-state index contributed by atoms with van der Waals surface area (Å²) in [6.07, 6.45) is 0. The molecular weight excluding hydrogens is 250 g/mol. The molecule has 0 aromatic heterocycles. The van der Waals surface area contributed by atoms with Crippen molar-refractivity contribution >= 4 is 17.3 Å². The monoisotopic (exact) mass is 265 g/mol. The highest BCUT2D eigenvalue weighted by atomic mass is 32.1. The molecule has 0 fully saturated rings. The van der Waals surface area contributed by atoms with E-state index in [2.05, 4.69) is 31.1 Å². The van der Waals surface area contributed by atoms with Gasteiger partial charge in [0.2, 0.25) is 5.82 Å². The first-order valence-corrected chi connectivity index (χ1v) is 6.02. The topological polar surface area (TPSA) is 80.5 Å². The molecule has 7 nitrogen and oxygen atoms in total. The zero-order chi connectivity index (χ0) is 13.3. The van der Waals surface area contributed by atoms with Crippen LogP contribution < -0.4 is 10.7 Å². The Bertz CT molecular complexity index is 548. The highest BCUT2D eigenvalue weighted by Gasteiger charge is 2.18. The largest absolute Gasteiger partial charge is 0.359 e. The maximum absolute atomic E-state index is 5.20. The minimum atomic E-state index is 0.253. The van der Waals surface area contributed by atoms with Crippen LogP contribution in [0.1, 0.15) is 25.4 Å². The van der Waals surface area contributed by atoms with Crippen molar-refractivity contribution in [2.24, 2.45) is 0 Å². The average Bonchev–Trinajstić information content (AvgIpc) is 2.64. The molecule has 2 aliphatic heterocycles. The van der Waals surface area contributed by atoms with Gasteiger partial charge in [-0.2, -0.15) is 5.10 Å². The third-order valence-corrected chi connectivity index (χ3v) is 2.52. The SMILES string of the molecule is Cc1nnc2n(NC(=S)NC(C)C)c(C)nnc1-2. The van der Waals surface area contributed by atoms with Crippen molar-refractivity contribution in [3.05, 3.63) is 11.5 Å². The van der Waals surface area contributed by atoms with Crippen LogP contribution in [0.4, 0.5) is 0 Å². The molecule has 2 heterocycles. The second kappa shape index (κ2) is 4.81. The van der Waals surface area contributed by atoms with Gasteiger partial charge >= 0.3 is 0 Å². The molecule has 2 N–H and O–H groups in total. The Morgan fingerprint density at radius 3 is 2.56 bits per heavy atom. The van der Waals surface area contributed by atoms with E-state index >= 15 is 0 Å². The number of rotatable bonds is 2. The number of fused-ring (bicyclic) bond motifs is 1. The van der Waals surface area contributed by atoms with E-state index < -0.39 is 0 Å². The molecule has 0 aliphatic carbocycles. The van der Waals surface area contributed by atoms with Gasteiger partial charge in [0.1, 0.15) is 5.82 Å². The summed E-state index contributed by atoms with van der Waals surface area (Å²) < 4.78 is 1.68. The third-order valence-electron chi connectivity index (χ3n) is 2.31. The van der Waals surface area contributed by atoms with Gasteiger partial charge in [-0.15, -0.1) is 15.3 Å². The van der Waals surface area contributed by atoms with Crippen molar-refractivity contribution in [3.8, 4) is 11.5 Å². The first-order valence-electron chi connectivity index (χ1n) is 5.61. The van der Waals surface area contributed by atoms with Crippen LogP contribution in [0.2, 0.25) is 0 Å². The first kappa shape index (κ1) is 12.6.